The van der Waals surface area contributed by atoms with Gasteiger partial charge in [0.2, 0.25) is 0 Å². The van der Waals surface area contributed by atoms with Gasteiger partial charge in [0, 0.05) is 19.7 Å². The van der Waals surface area contributed by atoms with Crippen LogP contribution in [-0.2, 0) is 9.53 Å². The van der Waals surface area contributed by atoms with Crippen LogP contribution in [0.25, 0.3) is 0 Å². The van der Waals surface area contributed by atoms with Crippen molar-refractivity contribution in [1.29, 1.82) is 0 Å². The summed E-state index contributed by atoms with van der Waals surface area (Å²) in [4.78, 5) is 13.5. The highest BCUT2D eigenvalue weighted by atomic mass is 16.5. The van der Waals surface area contributed by atoms with Crippen LogP contribution in [0.15, 0.2) is 0 Å². The van der Waals surface area contributed by atoms with E-state index in [-0.39, 0.29) is 12.0 Å². The molecule has 2 aliphatic rings. The van der Waals surface area contributed by atoms with Crippen molar-refractivity contribution in [2.75, 3.05) is 19.7 Å². The SMILES string of the molecule is CC1CN(C(=O)C2CCCO2)C1. The van der Waals surface area contributed by atoms with Crippen molar-refractivity contribution in [2.24, 2.45) is 5.92 Å². The summed E-state index contributed by atoms with van der Waals surface area (Å²) in [6, 6.07) is 0. The molecule has 2 heterocycles. The molecule has 1 unspecified atom stereocenters. The second-order valence-electron chi connectivity index (χ2n) is 3.85. The second-order valence-corrected chi connectivity index (χ2v) is 3.85. The molecule has 2 fully saturated rings. The molecule has 1 atom stereocenters. The Morgan fingerprint density at radius 3 is 2.75 bits per heavy atom. The zero-order valence-corrected chi connectivity index (χ0v) is 7.45. The van der Waals surface area contributed by atoms with Crippen LogP contribution in [0.2, 0.25) is 0 Å². The number of likely N-dealkylation sites (tertiary alicyclic amines) is 1. The van der Waals surface area contributed by atoms with Crippen molar-refractivity contribution in [1.82, 2.24) is 4.90 Å². The number of amides is 1. The first-order valence-electron chi connectivity index (χ1n) is 4.68. The Kier molecular flexibility index (Phi) is 2.05. The van der Waals surface area contributed by atoms with Gasteiger partial charge in [-0.2, -0.15) is 0 Å². The standard InChI is InChI=1S/C9H15NO2/c1-7-5-10(6-7)9(11)8-3-2-4-12-8/h7-8H,2-6H2,1H3. The molecular weight excluding hydrogens is 154 g/mol. The van der Waals surface area contributed by atoms with E-state index in [0.717, 1.165) is 32.5 Å². The molecule has 3 nitrogen and oxygen atoms in total. The molecule has 0 spiro atoms. The van der Waals surface area contributed by atoms with Gasteiger partial charge < -0.3 is 9.64 Å². The van der Waals surface area contributed by atoms with Crippen LogP contribution in [0.1, 0.15) is 19.8 Å². The van der Waals surface area contributed by atoms with E-state index in [0.29, 0.717) is 5.92 Å². The molecule has 2 saturated heterocycles. The van der Waals surface area contributed by atoms with Gasteiger partial charge in [0.1, 0.15) is 6.10 Å². The van der Waals surface area contributed by atoms with Crippen LogP contribution < -0.4 is 0 Å². The highest BCUT2D eigenvalue weighted by molar-refractivity contribution is 5.81. The summed E-state index contributed by atoms with van der Waals surface area (Å²) in [5.74, 6) is 0.904. The maximum absolute atomic E-state index is 11.6. The van der Waals surface area contributed by atoms with Gasteiger partial charge >= 0.3 is 0 Å². The Bertz CT molecular complexity index is 181. The summed E-state index contributed by atoms with van der Waals surface area (Å²) in [6.45, 7) is 4.79. The Labute approximate surface area is 72.7 Å². The van der Waals surface area contributed by atoms with Crippen molar-refractivity contribution >= 4 is 5.91 Å². The monoisotopic (exact) mass is 169 g/mol. The van der Waals surface area contributed by atoms with Gasteiger partial charge in [-0.05, 0) is 18.8 Å². The lowest BCUT2D eigenvalue weighted by Gasteiger charge is -2.38. The minimum Gasteiger partial charge on any atom is -0.368 e. The summed E-state index contributed by atoms with van der Waals surface area (Å²) >= 11 is 0. The molecular formula is C9H15NO2. The number of nitrogens with zero attached hydrogens (tertiary/aromatic N) is 1. The number of hydrogen-bond acceptors (Lipinski definition) is 2. The maximum atomic E-state index is 11.6. The van der Waals surface area contributed by atoms with Crippen molar-refractivity contribution in [3.63, 3.8) is 0 Å². The van der Waals surface area contributed by atoms with Crippen molar-refractivity contribution in [3.05, 3.63) is 0 Å². The number of rotatable bonds is 1. The quantitative estimate of drug-likeness (QED) is 0.576. The minimum atomic E-state index is -0.113. The lowest BCUT2D eigenvalue weighted by atomic mass is 10.0. The van der Waals surface area contributed by atoms with Crippen molar-refractivity contribution < 1.29 is 9.53 Å². The van der Waals surface area contributed by atoms with Gasteiger partial charge in [0.25, 0.3) is 5.91 Å². The van der Waals surface area contributed by atoms with E-state index in [4.69, 9.17) is 4.74 Å². The number of carbonyl (C=O) groups excluding carboxylic acids is 1. The molecule has 2 rings (SSSR count). The average Bonchev–Trinajstić information content (AvgIpc) is 2.49. The zero-order chi connectivity index (χ0) is 8.55. The predicted octanol–water partition coefficient (Wildman–Crippen LogP) is 0.644. The highest BCUT2D eigenvalue weighted by Gasteiger charge is 2.33. The molecule has 1 amide bonds. The van der Waals surface area contributed by atoms with E-state index < -0.39 is 0 Å². The summed E-state index contributed by atoms with van der Waals surface area (Å²) in [7, 11) is 0. The van der Waals surface area contributed by atoms with E-state index >= 15 is 0 Å². The van der Waals surface area contributed by atoms with E-state index in [1.54, 1.807) is 0 Å². The van der Waals surface area contributed by atoms with Crippen molar-refractivity contribution in [3.8, 4) is 0 Å². The topological polar surface area (TPSA) is 29.5 Å². The second kappa shape index (κ2) is 3.05. The van der Waals surface area contributed by atoms with Gasteiger partial charge in [-0.1, -0.05) is 6.92 Å². The first-order valence-corrected chi connectivity index (χ1v) is 4.68. The third-order valence-corrected chi connectivity index (χ3v) is 2.58. The molecule has 68 valence electrons. The smallest absolute Gasteiger partial charge is 0.251 e. The normalized spacial score (nSPS) is 30.4. The maximum Gasteiger partial charge on any atom is 0.251 e. The molecule has 3 heteroatoms. The number of hydrogen-bond donors (Lipinski definition) is 0. The van der Waals surface area contributed by atoms with Gasteiger partial charge in [0.05, 0.1) is 0 Å². The van der Waals surface area contributed by atoms with E-state index in [2.05, 4.69) is 6.92 Å². The van der Waals surface area contributed by atoms with Crippen LogP contribution in [-0.4, -0.2) is 36.6 Å². The van der Waals surface area contributed by atoms with E-state index in [1.807, 2.05) is 4.90 Å². The van der Waals surface area contributed by atoms with Crippen LogP contribution in [0, 0.1) is 5.92 Å². The Morgan fingerprint density at radius 2 is 2.25 bits per heavy atom. The summed E-state index contributed by atoms with van der Waals surface area (Å²) in [5, 5.41) is 0. The molecule has 0 aromatic carbocycles. The van der Waals surface area contributed by atoms with Gasteiger partial charge in [-0.15, -0.1) is 0 Å². The van der Waals surface area contributed by atoms with Gasteiger partial charge in [0.15, 0.2) is 0 Å². The Balaban J connectivity index is 1.83. The molecule has 0 aromatic rings. The minimum absolute atomic E-state index is 0.113. The highest BCUT2D eigenvalue weighted by Crippen LogP contribution is 2.20. The average molecular weight is 169 g/mol. The largest absolute Gasteiger partial charge is 0.368 e. The molecule has 0 saturated carbocycles. The zero-order valence-electron chi connectivity index (χ0n) is 7.45. The molecule has 0 bridgehead atoms. The van der Waals surface area contributed by atoms with Crippen molar-refractivity contribution in [2.45, 2.75) is 25.9 Å². The fourth-order valence-electron chi connectivity index (χ4n) is 1.85. The van der Waals surface area contributed by atoms with E-state index in [9.17, 15) is 4.79 Å². The predicted molar refractivity (Wildman–Crippen MR) is 44.7 cm³/mol. The summed E-state index contributed by atoms with van der Waals surface area (Å²) < 4.78 is 5.32. The van der Waals surface area contributed by atoms with Crippen LogP contribution >= 0.6 is 0 Å². The van der Waals surface area contributed by atoms with Crippen LogP contribution in [0.5, 0.6) is 0 Å². The summed E-state index contributed by atoms with van der Waals surface area (Å²) in [5.41, 5.74) is 0. The molecule has 0 N–H and O–H groups in total. The Hall–Kier alpha value is -0.570. The lowest BCUT2D eigenvalue weighted by molar-refractivity contribution is -0.147. The first-order chi connectivity index (χ1) is 5.77. The van der Waals surface area contributed by atoms with Crippen LogP contribution in [0.4, 0.5) is 0 Å². The van der Waals surface area contributed by atoms with E-state index in [1.165, 1.54) is 0 Å². The number of carbonyl (C=O) groups is 1. The summed E-state index contributed by atoms with van der Waals surface area (Å²) in [6.07, 6.45) is 1.85. The van der Waals surface area contributed by atoms with Gasteiger partial charge in [-0.25, -0.2) is 0 Å². The third-order valence-electron chi connectivity index (χ3n) is 2.58. The molecule has 0 aliphatic carbocycles. The van der Waals surface area contributed by atoms with Gasteiger partial charge in [-0.3, -0.25) is 4.79 Å². The first kappa shape index (κ1) is 8.05. The fraction of sp³-hybridized carbons (Fsp3) is 0.889. The third kappa shape index (κ3) is 1.33. The Morgan fingerprint density at radius 1 is 1.50 bits per heavy atom. The fourth-order valence-corrected chi connectivity index (χ4v) is 1.85. The molecule has 2 aliphatic heterocycles. The lowest BCUT2D eigenvalue weighted by Crippen LogP contribution is -2.52. The number of ether oxygens (including phenoxy) is 1. The molecule has 0 radical (unpaired) electrons. The van der Waals surface area contributed by atoms with Crippen LogP contribution in [0.3, 0.4) is 0 Å². The molecule has 0 aromatic heterocycles. The molecule has 12 heavy (non-hydrogen) atoms.